The first-order valence-electron chi connectivity index (χ1n) is 9.51. The number of carbonyl (C=O) groups is 1. The minimum atomic E-state index is -0.372. The predicted octanol–water partition coefficient (Wildman–Crippen LogP) is 3.59. The van der Waals surface area contributed by atoms with Crippen molar-refractivity contribution in [2.45, 2.75) is 33.1 Å². The van der Waals surface area contributed by atoms with Crippen LogP contribution in [0, 0.1) is 0 Å². The summed E-state index contributed by atoms with van der Waals surface area (Å²) in [4.78, 5) is 28.8. The number of rotatable bonds is 3. The summed E-state index contributed by atoms with van der Waals surface area (Å²) in [6.07, 6.45) is 1.78. The van der Waals surface area contributed by atoms with Gasteiger partial charge >= 0.3 is 5.97 Å². The minimum Gasteiger partial charge on any atom is -0.427 e. The van der Waals surface area contributed by atoms with E-state index >= 15 is 0 Å². The molecule has 4 rings (SSSR count). The van der Waals surface area contributed by atoms with Crippen LogP contribution in [0.2, 0.25) is 0 Å². The minimum absolute atomic E-state index is 0.0732. The molecule has 7 heteroatoms. The van der Waals surface area contributed by atoms with Gasteiger partial charge in [-0.1, -0.05) is 68.5 Å². The Bertz CT molecular complexity index is 1330. The lowest BCUT2D eigenvalue weighted by atomic mass is 9.87. The summed E-state index contributed by atoms with van der Waals surface area (Å²) in [5.74, 6) is 0.630. The van der Waals surface area contributed by atoms with Gasteiger partial charge in [-0.15, -0.1) is 5.10 Å². The van der Waals surface area contributed by atoms with E-state index < -0.39 is 0 Å². The molecule has 0 fully saturated rings. The fourth-order valence-electron chi connectivity index (χ4n) is 3.02. The second-order valence-corrected chi connectivity index (χ2v) is 9.04. The van der Waals surface area contributed by atoms with Crippen LogP contribution in [0.1, 0.15) is 38.8 Å². The van der Waals surface area contributed by atoms with Crippen LogP contribution in [0.15, 0.2) is 53.3 Å². The summed E-state index contributed by atoms with van der Waals surface area (Å²) < 4.78 is 6.91. The Kier molecular flexibility index (Phi) is 4.99. The number of nitrogens with zero attached hydrogens (tertiary/aromatic N) is 3. The van der Waals surface area contributed by atoms with E-state index in [4.69, 9.17) is 4.74 Å². The lowest BCUT2D eigenvalue weighted by Crippen LogP contribution is -2.23. The number of benzene rings is 2. The van der Waals surface area contributed by atoms with Crippen molar-refractivity contribution in [2.75, 3.05) is 0 Å². The van der Waals surface area contributed by atoms with Crippen molar-refractivity contribution in [2.24, 2.45) is 0 Å². The second-order valence-electron chi connectivity index (χ2n) is 8.04. The highest BCUT2D eigenvalue weighted by Gasteiger charge is 2.15. The Hall–Kier alpha value is -3.32. The summed E-state index contributed by atoms with van der Waals surface area (Å²) in [6, 6.07) is 15.1. The molecule has 0 aliphatic heterocycles. The summed E-state index contributed by atoms with van der Waals surface area (Å²) in [6.45, 7) is 7.85. The van der Waals surface area contributed by atoms with E-state index in [0.717, 1.165) is 11.1 Å². The van der Waals surface area contributed by atoms with Crippen LogP contribution in [-0.4, -0.2) is 20.6 Å². The van der Waals surface area contributed by atoms with E-state index in [1.807, 2.05) is 12.1 Å². The number of ether oxygens (including phenoxy) is 1. The smallest absolute Gasteiger partial charge is 0.308 e. The maximum Gasteiger partial charge on any atom is 0.308 e. The van der Waals surface area contributed by atoms with E-state index in [1.54, 1.807) is 30.3 Å². The third-order valence-electron chi connectivity index (χ3n) is 4.63. The molecule has 0 radical (unpaired) electrons. The van der Waals surface area contributed by atoms with Crippen molar-refractivity contribution in [3.63, 3.8) is 0 Å². The molecule has 0 N–H and O–H groups in total. The predicted molar refractivity (Wildman–Crippen MR) is 118 cm³/mol. The van der Waals surface area contributed by atoms with Gasteiger partial charge in [-0.05, 0) is 34.8 Å². The van der Waals surface area contributed by atoms with E-state index in [9.17, 15) is 9.59 Å². The molecular weight excluding hydrogens is 398 g/mol. The molecule has 0 spiro atoms. The number of hydrogen-bond acceptors (Lipinski definition) is 6. The van der Waals surface area contributed by atoms with Gasteiger partial charge in [-0.2, -0.15) is 9.50 Å². The van der Waals surface area contributed by atoms with E-state index in [0.29, 0.717) is 21.1 Å². The molecule has 152 valence electrons. The third-order valence-corrected chi connectivity index (χ3v) is 5.59. The number of thiazole rings is 1. The summed E-state index contributed by atoms with van der Waals surface area (Å²) in [5.41, 5.74) is 2.80. The van der Waals surface area contributed by atoms with Crippen molar-refractivity contribution in [1.82, 2.24) is 14.6 Å². The van der Waals surface area contributed by atoms with Gasteiger partial charge in [0.15, 0.2) is 5.82 Å². The zero-order valence-corrected chi connectivity index (χ0v) is 18.0. The topological polar surface area (TPSA) is 73.6 Å². The molecule has 0 saturated heterocycles. The Labute approximate surface area is 177 Å². The standard InChI is InChI=1S/C23H21N3O3S/c1-14(27)29-18-11-5-15(6-12-18)13-19-21(28)26-22(30-19)24-20(25-26)16-7-9-17(10-8-16)23(2,3)4/h5-13H,1-4H3/b19-13-. The Morgan fingerprint density at radius 1 is 1.07 bits per heavy atom. The largest absolute Gasteiger partial charge is 0.427 e. The van der Waals surface area contributed by atoms with Crippen molar-refractivity contribution in [3.8, 4) is 17.1 Å². The molecule has 0 bridgehead atoms. The molecule has 0 saturated carbocycles. The van der Waals surface area contributed by atoms with Gasteiger partial charge in [0.05, 0.1) is 4.53 Å². The highest BCUT2D eigenvalue weighted by molar-refractivity contribution is 7.15. The van der Waals surface area contributed by atoms with E-state index in [1.165, 1.54) is 28.3 Å². The molecule has 2 heterocycles. The van der Waals surface area contributed by atoms with Gasteiger partial charge in [0.25, 0.3) is 5.56 Å². The third kappa shape index (κ3) is 4.02. The van der Waals surface area contributed by atoms with Gasteiger partial charge in [0.2, 0.25) is 4.96 Å². The van der Waals surface area contributed by atoms with Crippen LogP contribution in [-0.2, 0) is 10.2 Å². The molecule has 30 heavy (non-hydrogen) atoms. The lowest BCUT2D eigenvalue weighted by Gasteiger charge is -2.18. The van der Waals surface area contributed by atoms with Crippen LogP contribution < -0.4 is 14.8 Å². The highest BCUT2D eigenvalue weighted by atomic mass is 32.1. The average Bonchev–Trinajstić information content (AvgIpc) is 3.22. The normalized spacial score (nSPS) is 12.5. The maximum absolute atomic E-state index is 12.7. The Balaban J connectivity index is 1.65. The number of carbonyl (C=O) groups excluding carboxylic acids is 1. The van der Waals surface area contributed by atoms with Gasteiger partial charge in [0, 0.05) is 12.5 Å². The molecule has 4 aromatic rings. The fraction of sp³-hybridized carbons (Fsp3) is 0.217. The molecule has 6 nitrogen and oxygen atoms in total. The fourth-order valence-corrected chi connectivity index (χ4v) is 3.93. The molecule has 2 aromatic carbocycles. The molecule has 0 aliphatic rings. The molecule has 0 aliphatic carbocycles. The van der Waals surface area contributed by atoms with Crippen LogP contribution in [0.5, 0.6) is 5.75 Å². The van der Waals surface area contributed by atoms with Crippen LogP contribution in [0.4, 0.5) is 0 Å². The van der Waals surface area contributed by atoms with E-state index in [2.05, 4.69) is 43.0 Å². The maximum atomic E-state index is 12.7. The Morgan fingerprint density at radius 3 is 2.30 bits per heavy atom. The molecule has 0 unspecified atom stereocenters. The summed E-state index contributed by atoms with van der Waals surface area (Å²) in [7, 11) is 0. The van der Waals surface area contributed by atoms with Crippen LogP contribution in [0.25, 0.3) is 22.4 Å². The zero-order chi connectivity index (χ0) is 21.5. The Morgan fingerprint density at radius 2 is 1.73 bits per heavy atom. The quantitative estimate of drug-likeness (QED) is 0.375. The van der Waals surface area contributed by atoms with Gasteiger partial charge in [-0.25, -0.2) is 0 Å². The van der Waals surface area contributed by atoms with Gasteiger partial charge in [-0.3, -0.25) is 9.59 Å². The van der Waals surface area contributed by atoms with Crippen molar-refractivity contribution >= 4 is 28.3 Å². The number of esters is 1. The van der Waals surface area contributed by atoms with Gasteiger partial charge < -0.3 is 4.74 Å². The summed E-state index contributed by atoms with van der Waals surface area (Å²) >= 11 is 1.29. The molecule has 0 amide bonds. The zero-order valence-electron chi connectivity index (χ0n) is 17.2. The van der Waals surface area contributed by atoms with Crippen molar-refractivity contribution in [3.05, 3.63) is 74.5 Å². The molecule has 0 atom stereocenters. The second kappa shape index (κ2) is 7.50. The first-order valence-corrected chi connectivity index (χ1v) is 10.3. The first kappa shape index (κ1) is 20.0. The number of fused-ring (bicyclic) bond motifs is 1. The van der Waals surface area contributed by atoms with Crippen molar-refractivity contribution < 1.29 is 9.53 Å². The van der Waals surface area contributed by atoms with Crippen molar-refractivity contribution in [1.29, 1.82) is 0 Å². The monoisotopic (exact) mass is 419 g/mol. The molecule has 2 aromatic heterocycles. The highest BCUT2D eigenvalue weighted by Crippen LogP contribution is 2.25. The SMILES string of the molecule is CC(=O)Oc1ccc(/C=c2\sc3nc(-c4ccc(C(C)(C)C)cc4)nn3c2=O)cc1. The lowest BCUT2D eigenvalue weighted by molar-refractivity contribution is -0.131. The average molecular weight is 420 g/mol. The van der Waals surface area contributed by atoms with E-state index in [-0.39, 0.29) is 16.9 Å². The number of hydrogen-bond donors (Lipinski definition) is 0. The van der Waals surface area contributed by atoms with Crippen LogP contribution >= 0.6 is 11.3 Å². The van der Waals surface area contributed by atoms with Crippen LogP contribution in [0.3, 0.4) is 0 Å². The molecular formula is C23H21N3O3S. The first-order chi connectivity index (χ1) is 14.2. The van der Waals surface area contributed by atoms with Gasteiger partial charge in [0.1, 0.15) is 5.75 Å². The summed E-state index contributed by atoms with van der Waals surface area (Å²) in [5, 5.41) is 4.41. The number of aromatic nitrogens is 3.